The molecule has 0 spiro atoms. The summed E-state index contributed by atoms with van der Waals surface area (Å²) in [5.74, 6) is 0.186. The Morgan fingerprint density at radius 1 is 1.38 bits per heavy atom. The van der Waals surface area contributed by atoms with Gasteiger partial charge in [-0.2, -0.15) is 0 Å². The minimum absolute atomic E-state index is 0.186. The molecule has 1 saturated heterocycles. The lowest BCUT2D eigenvalue weighted by molar-refractivity contribution is -0.158. The fourth-order valence-electron chi connectivity index (χ4n) is 1.97. The van der Waals surface area contributed by atoms with Gasteiger partial charge in [-0.25, -0.2) is 0 Å². The normalized spacial score (nSPS) is 26.8. The molecule has 0 atom stereocenters. The second kappa shape index (κ2) is 3.29. The van der Waals surface area contributed by atoms with E-state index in [1.165, 1.54) is 12.8 Å². The molecular weight excluding hydrogens is 166 g/mol. The Kier molecular flexibility index (Phi) is 2.28. The van der Waals surface area contributed by atoms with Crippen molar-refractivity contribution in [1.29, 1.82) is 0 Å². The van der Waals surface area contributed by atoms with Crippen molar-refractivity contribution in [2.45, 2.75) is 38.6 Å². The maximum Gasteiger partial charge on any atom is 0.230 e. The van der Waals surface area contributed by atoms with E-state index in [1.807, 2.05) is 6.92 Å². The molecule has 0 aromatic heterocycles. The number of hydrogen-bond acceptors (Lipinski definition) is 2. The van der Waals surface area contributed by atoms with Crippen LogP contribution in [0.15, 0.2) is 0 Å². The SMILES string of the molecule is CC1(C(=O)NC2CCCC2)COC1. The molecule has 1 amide bonds. The number of amides is 1. The van der Waals surface area contributed by atoms with E-state index in [4.69, 9.17) is 4.74 Å². The molecule has 2 fully saturated rings. The Hall–Kier alpha value is -0.570. The molecule has 1 heterocycles. The maximum atomic E-state index is 11.7. The first-order valence-electron chi connectivity index (χ1n) is 5.09. The van der Waals surface area contributed by atoms with E-state index in [9.17, 15) is 4.79 Å². The van der Waals surface area contributed by atoms with Crippen LogP contribution in [-0.2, 0) is 9.53 Å². The summed E-state index contributed by atoms with van der Waals surface area (Å²) < 4.78 is 5.06. The van der Waals surface area contributed by atoms with Crippen LogP contribution in [0.1, 0.15) is 32.6 Å². The Morgan fingerprint density at radius 3 is 2.46 bits per heavy atom. The highest BCUT2D eigenvalue weighted by molar-refractivity contribution is 5.83. The third-order valence-corrected chi connectivity index (χ3v) is 3.08. The monoisotopic (exact) mass is 183 g/mol. The maximum absolute atomic E-state index is 11.7. The smallest absolute Gasteiger partial charge is 0.230 e. The third kappa shape index (κ3) is 1.70. The topological polar surface area (TPSA) is 38.3 Å². The lowest BCUT2D eigenvalue weighted by Crippen LogP contribution is -2.53. The number of nitrogens with one attached hydrogen (secondary N) is 1. The van der Waals surface area contributed by atoms with E-state index in [2.05, 4.69) is 5.32 Å². The van der Waals surface area contributed by atoms with Crippen molar-refractivity contribution in [2.24, 2.45) is 5.41 Å². The minimum Gasteiger partial charge on any atom is -0.379 e. The van der Waals surface area contributed by atoms with Gasteiger partial charge in [0.1, 0.15) is 0 Å². The average molecular weight is 183 g/mol. The summed E-state index contributed by atoms with van der Waals surface area (Å²) in [6.45, 7) is 3.15. The summed E-state index contributed by atoms with van der Waals surface area (Å²) in [6.07, 6.45) is 4.83. The van der Waals surface area contributed by atoms with Crippen LogP contribution in [0.25, 0.3) is 0 Å². The summed E-state index contributed by atoms with van der Waals surface area (Å²) in [5, 5.41) is 3.10. The summed E-state index contributed by atoms with van der Waals surface area (Å²) in [6, 6.07) is 0.435. The molecule has 74 valence electrons. The van der Waals surface area contributed by atoms with Crippen LogP contribution < -0.4 is 5.32 Å². The zero-order valence-corrected chi connectivity index (χ0v) is 8.14. The van der Waals surface area contributed by atoms with E-state index in [0.29, 0.717) is 19.3 Å². The molecule has 0 aromatic carbocycles. The predicted octanol–water partition coefficient (Wildman–Crippen LogP) is 1.08. The lowest BCUT2D eigenvalue weighted by Gasteiger charge is -2.37. The number of carbonyl (C=O) groups is 1. The second-order valence-corrected chi connectivity index (χ2v) is 4.51. The molecule has 0 unspecified atom stereocenters. The van der Waals surface area contributed by atoms with Crippen LogP contribution >= 0.6 is 0 Å². The Labute approximate surface area is 78.8 Å². The van der Waals surface area contributed by atoms with Crippen LogP contribution in [0.5, 0.6) is 0 Å². The van der Waals surface area contributed by atoms with Gasteiger partial charge in [0.15, 0.2) is 0 Å². The Morgan fingerprint density at radius 2 is 2.00 bits per heavy atom. The largest absolute Gasteiger partial charge is 0.379 e. The van der Waals surface area contributed by atoms with Gasteiger partial charge < -0.3 is 10.1 Å². The van der Waals surface area contributed by atoms with Crippen molar-refractivity contribution in [3.05, 3.63) is 0 Å². The van der Waals surface area contributed by atoms with Crippen molar-refractivity contribution in [3.63, 3.8) is 0 Å². The van der Waals surface area contributed by atoms with E-state index < -0.39 is 0 Å². The molecule has 3 heteroatoms. The average Bonchev–Trinajstić information content (AvgIpc) is 2.52. The molecular formula is C10H17NO2. The first-order valence-corrected chi connectivity index (χ1v) is 5.09. The molecule has 1 N–H and O–H groups in total. The molecule has 2 rings (SSSR count). The molecule has 0 bridgehead atoms. The quantitative estimate of drug-likeness (QED) is 0.695. The first kappa shape index (κ1) is 9.00. The van der Waals surface area contributed by atoms with Gasteiger partial charge in [-0.3, -0.25) is 4.79 Å². The van der Waals surface area contributed by atoms with Gasteiger partial charge in [-0.15, -0.1) is 0 Å². The summed E-state index contributed by atoms with van der Waals surface area (Å²) >= 11 is 0. The van der Waals surface area contributed by atoms with Crippen LogP contribution in [0.3, 0.4) is 0 Å². The molecule has 3 nitrogen and oxygen atoms in total. The van der Waals surface area contributed by atoms with E-state index in [-0.39, 0.29) is 11.3 Å². The van der Waals surface area contributed by atoms with Crippen molar-refractivity contribution in [2.75, 3.05) is 13.2 Å². The van der Waals surface area contributed by atoms with E-state index >= 15 is 0 Å². The minimum atomic E-state index is -0.234. The van der Waals surface area contributed by atoms with E-state index in [1.54, 1.807) is 0 Å². The first-order chi connectivity index (χ1) is 6.21. The highest BCUT2D eigenvalue weighted by Gasteiger charge is 2.41. The number of hydrogen-bond donors (Lipinski definition) is 1. The predicted molar refractivity (Wildman–Crippen MR) is 49.3 cm³/mol. The zero-order valence-electron chi connectivity index (χ0n) is 8.14. The van der Waals surface area contributed by atoms with Gasteiger partial charge in [-0.1, -0.05) is 12.8 Å². The fraction of sp³-hybridized carbons (Fsp3) is 0.900. The Bertz CT molecular complexity index is 205. The van der Waals surface area contributed by atoms with Gasteiger partial charge in [0, 0.05) is 6.04 Å². The van der Waals surface area contributed by atoms with Gasteiger partial charge in [0.2, 0.25) is 5.91 Å². The van der Waals surface area contributed by atoms with Crippen molar-refractivity contribution in [1.82, 2.24) is 5.32 Å². The van der Waals surface area contributed by atoms with Crippen LogP contribution in [-0.4, -0.2) is 25.2 Å². The standard InChI is InChI=1S/C10H17NO2/c1-10(6-13-7-10)9(12)11-8-4-2-3-5-8/h8H,2-7H2,1H3,(H,11,12). The van der Waals surface area contributed by atoms with Crippen molar-refractivity contribution in [3.8, 4) is 0 Å². The van der Waals surface area contributed by atoms with Crippen LogP contribution in [0, 0.1) is 5.41 Å². The summed E-state index contributed by atoms with van der Waals surface area (Å²) in [4.78, 5) is 11.7. The molecule has 0 aromatic rings. The molecule has 13 heavy (non-hydrogen) atoms. The zero-order chi connectivity index (χ0) is 9.31. The van der Waals surface area contributed by atoms with Gasteiger partial charge in [0.25, 0.3) is 0 Å². The van der Waals surface area contributed by atoms with Gasteiger partial charge in [-0.05, 0) is 19.8 Å². The molecule has 2 aliphatic rings. The van der Waals surface area contributed by atoms with E-state index in [0.717, 1.165) is 12.8 Å². The van der Waals surface area contributed by atoms with Gasteiger partial charge >= 0.3 is 0 Å². The molecule has 0 radical (unpaired) electrons. The summed E-state index contributed by atoms with van der Waals surface area (Å²) in [5.41, 5.74) is -0.234. The highest BCUT2D eigenvalue weighted by atomic mass is 16.5. The van der Waals surface area contributed by atoms with Crippen molar-refractivity contribution < 1.29 is 9.53 Å². The Balaban J connectivity index is 1.83. The molecule has 1 aliphatic carbocycles. The fourth-order valence-corrected chi connectivity index (χ4v) is 1.97. The number of ether oxygens (including phenoxy) is 1. The van der Waals surface area contributed by atoms with Crippen molar-refractivity contribution >= 4 is 5.91 Å². The van der Waals surface area contributed by atoms with Crippen LogP contribution in [0.2, 0.25) is 0 Å². The molecule has 1 saturated carbocycles. The summed E-state index contributed by atoms with van der Waals surface area (Å²) in [7, 11) is 0. The molecule has 1 aliphatic heterocycles. The highest BCUT2D eigenvalue weighted by Crippen LogP contribution is 2.28. The lowest BCUT2D eigenvalue weighted by atomic mass is 9.87. The number of rotatable bonds is 2. The second-order valence-electron chi connectivity index (χ2n) is 4.51. The number of carbonyl (C=O) groups excluding carboxylic acids is 1. The van der Waals surface area contributed by atoms with Gasteiger partial charge in [0.05, 0.1) is 18.6 Å². The third-order valence-electron chi connectivity index (χ3n) is 3.08. The van der Waals surface area contributed by atoms with Crippen LogP contribution in [0.4, 0.5) is 0 Å².